The highest BCUT2D eigenvalue weighted by Crippen LogP contribution is 2.29. The number of furan rings is 1. The van der Waals surface area contributed by atoms with Crippen LogP contribution in [0.25, 0.3) is 0 Å². The first-order valence-electron chi connectivity index (χ1n) is 11.8. The molecule has 5 nitrogen and oxygen atoms in total. The van der Waals surface area contributed by atoms with Crippen LogP contribution in [0.2, 0.25) is 0 Å². The number of carbonyl (C=O) groups excluding carboxylic acids is 2. The van der Waals surface area contributed by atoms with E-state index in [1.165, 1.54) is 11.8 Å². The number of amides is 2. The molecule has 2 aromatic carbocycles. The average Bonchev–Trinajstić information content (AvgIpc) is 3.54. The van der Waals surface area contributed by atoms with Crippen LogP contribution in [0, 0.1) is 0 Å². The van der Waals surface area contributed by atoms with Gasteiger partial charge in [-0.3, -0.25) is 9.59 Å². The Morgan fingerprint density at radius 2 is 1.61 bits per heavy atom. The molecule has 1 aromatic heterocycles. The third-order valence-electron chi connectivity index (χ3n) is 6.37. The Bertz CT molecular complexity index is 1040. The summed E-state index contributed by atoms with van der Waals surface area (Å²) in [5.41, 5.74) is 2.95. The SMILES string of the molecule is CC(C)c1ccc(C(C(=O)NC2CCCC2)N(Cc2ccccc2)C(=O)c2ccco2)cc1. The van der Waals surface area contributed by atoms with Gasteiger partial charge in [-0.15, -0.1) is 0 Å². The molecule has 0 radical (unpaired) electrons. The fourth-order valence-corrected chi connectivity index (χ4v) is 4.49. The zero-order valence-corrected chi connectivity index (χ0v) is 19.4. The lowest BCUT2D eigenvalue weighted by Crippen LogP contribution is -2.45. The fraction of sp³-hybridized carbons (Fsp3) is 0.357. The first kappa shape index (κ1) is 22.8. The largest absolute Gasteiger partial charge is 0.459 e. The smallest absolute Gasteiger partial charge is 0.290 e. The highest BCUT2D eigenvalue weighted by molar-refractivity contribution is 5.96. The second-order valence-corrected chi connectivity index (χ2v) is 9.11. The van der Waals surface area contributed by atoms with Crippen LogP contribution in [-0.2, 0) is 11.3 Å². The summed E-state index contributed by atoms with van der Waals surface area (Å²) >= 11 is 0. The van der Waals surface area contributed by atoms with Gasteiger partial charge >= 0.3 is 0 Å². The van der Waals surface area contributed by atoms with Crippen molar-refractivity contribution in [2.24, 2.45) is 0 Å². The zero-order valence-electron chi connectivity index (χ0n) is 19.4. The fourth-order valence-electron chi connectivity index (χ4n) is 4.49. The predicted molar refractivity (Wildman–Crippen MR) is 129 cm³/mol. The number of hydrogen-bond acceptors (Lipinski definition) is 3. The summed E-state index contributed by atoms with van der Waals surface area (Å²) in [7, 11) is 0. The highest BCUT2D eigenvalue weighted by Gasteiger charge is 2.34. The van der Waals surface area contributed by atoms with Gasteiger partial charge in [0.2, 0.25) is 5.91 Å². The Labute approximate surface area is 195 Å². The minimum absolute atomic E-state index is 0.143. The van der Waals surface area contributed by atoms with E-state index in [1.807, 2.05) is 54.6 Å². The summed E-state index contributed by atoms with van der Waals surface area (Å²) in [4.78, 5) is 28.9. The van der Waals surface area contributed by atoms with Gasteiger partial charge < -0.3 is 14.6 Å². The van der Waals surface area contributed by atoms with Gasteiger partial charge in [0.15, 0.2) is 5.76 Å². The molecule has 0 aliphatic heterocycles. The van der Waals surface area contributed by atoms with E-state index in [1.54, 1.807) is 17.0 Å². The monoisotopic (exact) mass is 444 g/mol. The second-order valence-electron chi connectivity index (χ2n) is 9.11. The molecule has 2 amide bonds. The molecule has 1 fully saturated rings. The Kier molecular flexibility index (Phi) is 7.28. The topological polar surface area (TPSA) is 62.6 Å². The molecule has 172 valence electrons. The molecular weight excluding hydrogens is 412 g/mol. The molecule has 1 aliphatic rings. The minimum Gasteiger partial charge on any atom is -0.459 e. The molecule has 33 heavy (non-hydrogen) atoms. The Hall–Kier alpha value is -3.34. The Morgan fingerprint density at radius 1 is 0.939 bits per heavy atom. The molecule has 1 aliphatic carbocycles. The predicted octanol–water partition coefficient (Wildman–Crippen LogP) is 5.85. The standard InChI is InChI=1S/C28H32N2O3/c1-20(2)22-14-16-23(17-15-22)26(27(31)29-24-11-6-7-12-24)30(19-21-9-4-3-5-10-21)28(32)25-13-8-18-33-25/h3-5,8-10,13-18,20,24,26H,6-7,11-12,19H2,1-2H3,(H,29,31). The average molecular weight is 445 g/mol. The number of carbonyl (C=O) groups is 2. The van der Waals surface area contributed by atoms with Crippen LogP contribution in [0.15, 0.2) is 77.4 Å². The summed E-state index contributed by atoms with van der Waals surface area (Å²) < 4.78 is 5.44. The molecule has 0 bridgehead atoms. The van der Waals surface area contributed by atoms with Gasteiger partial charge in [0.1, 0.15) is 6.04 Å². The first-order valence-corrected chi connectivity index (χ1v) is 11.8. The lowest BCUT2D eigenvalue weighted by atomic mass is 9.97. The molecule has 4 rings (SSSR count). The van der Waals surface area contributed by atoms with Crippen molar-refractivity contribution < 1.29 is 14.0 Å². The minimum atomic E-state index is -0.760. The van der Waals surface area contributed by atoms with E-state index in [9.17, 15) is 9.59 Å². The van der Waals surface area contributed by atoms with Gasteiger partial charge in [-0.25, -0.2) is 0 Å². The summed E-state index contributed by atoms with van der Waals surface area (Å²) in [6, 6.07) is 20.5. The Balaban J connectivity index is 1.73. The van der Waals surface area contributed by atoms with E-state index < -0.39 is 6.04 Å². The molecule has 0 spiro atoms. The van der Waals surface area contributed by atoms with E-state index >= 15 is 0 Å². The first-order chi connectivity index (χ1) is 16.0. The molecule has 1 atom stereocenters. The molecule has 1 saturated carbocycles. The zero-order chi connectivity index (χ0) is 23.2. The van der Waals surface area contributed by atoms with Gasteiger partial charge in [0, 0.05) is 12.6 Å². The van der Waals surface area contributed by atoms with Crippen molar-refractivity contribution in [3.63, 3.8) is 0 Å². The van der Waals surface area contributed by atoms with Crippen molar-refractivity contribution >= 4 is 11.8 Å². The van der Waals surface area contributed by atoms with Crippen molar-refractivity contribution in [3.8, 4) is 0 Å². The third kappa shape index (κ3) is 5.54. The van der Waals surface area contributed by atoms with Crippen LogP contribution in [-0.4, -0.2) is 22.8 Å². The van der Waals surface area contributed by atoms with Gasteiger partial charge in [-0.05, 0) is 47.6 Å². The van der Waals surface area contributed by atoms with Crippen molar-refractivity contribution in [3.05, 3.63) is 95.4 Å². The molecule has 5 heteroatoms. The molecular formula is C28H32N2O3. The maximum absolute atomic E-state index is 13.7. The summed E-state index contributed by atoms with van der Waals surface area (Å²) in [5, 5.41) is 3.22. The number of hydrogen-bond donors (Lipinski definition) is 1. The number of nitrogens with one attached hydrogen (secondary N) is 1. The van der Waals surface area contributed by atoms with E-state index in [4.69, 9.17) is 4.42 Å². The second kappa shape index (κ2) is 10.5. The van der Waals surface area contributed by atoms with Crippen molar-refractivity contribution in [2.75, 3.05) is 0 Å². The number of rotatable bonds is 8. The summed E-state index contributed by atoms with van der Waals surface area (Å²) in [6.45, 7) is 4.58. The lowest BCUT2D eigenvalue weighted by Gasteiger charge is -2.32. The highest BCUT2D eigenvalue weighted by atomic mass is 16.3. The Morgan fingerprint density at radius 3 is 2.21 bits per heavy atom. The molecule has 1 unspecified atom stereocenters. The number of benzene rings is 2. The van der Waals surface area contributed by atoms with Crippen molar-refractivity contribution in [2.45, 2.75) is 64.1 Å². The normalized spacial score (nSPS) is 14.9. The van der Waals surface area contributed by atoms with Gasteiger partial charge in [0.25, 0.3) is 5.91 Å². The van der Waals surface area contributed by atoms with Crippen LogP contribution >= 0.6 is 0 Å². The van der Waals surface area contributed by atoms with Crippen LogP contribution < -0.4 is 5.32 Å². The molecule has 0 saturated heterocycles. The van der Waals surface area contributed by atoms with Crippen molar-refractivity contribution in [1.29, 1.82) is 0 Å². The summed E-state index contributed by atoms with van der Waals surface area (Å²) in [5.74, 6) is 0.164. The summed E-state index contributed by atoms with van der Waals surface area (Å²) in [6.07, 6.45) is 5.69. The van der Waals surface area contributed by atoms with Gasteiger partial charge in [-0.1, -0.05) is 81.3 Å². The molecule has 1 N–H and O–H groups in total. The molecule has 1 heterocycles. The van der Waals surface area contributed by atoms with E-state index in [-0.39, 0.29) is 23.6 Å². The maximum atomic E-state index is 13.7. The van der Waals surface area contributed by atoms with E-state index in [2.05, 4.69) is 19.2 Å². The van der Waals surface area contributed by atoms with E-state index in [0.29, 0.717) is 12.5 Å². The van der Waals surface area contributed by atoms with Crippen molar-refractivity contribution in [1.82, 2.24) is 10.2 Å². The maximum Gasteiger partial charge on any atom is 0.290 e. The van der Waals surface area contributed by atoms with Crippen LogP contribution in [0.3, 0.4) is 0 Å². The third-order valence-corrected chi connectivity index (χ3v) is 6.37. The van der Waals surface area contributed by atoms with E-state index in [0.717, 1.165) is 36.8 Å². The van der Waals surface area contributed by atoms with Crippen LogP contribution in [0.5, 0.6) is 0 Å². The van der Waals surface area contributed by atoms with Gasteiger partial charge in [-0.2, -0.15) is 0 Å². The van der Waals surface area contributed by atoms with Crippen LogP contribution in [0.1, 0.15) is 78.7 Å². The quantitative estimate of drug-likeness (QED) is 0.474. The molecule has 3 aromatic rings. The van der Waals surface area contributed by atoms with Gasteiger partial charge in [0.05, 0.1) is 6.26 Å². The van der Waals surface area contributed by atoms with Crippen LogP contribution in [0.4, 0.5) is 0 Å². The number of nitrogens with zero attached hydrogens (tertiary/aromatic N) is 1. The lowest BCUT2D eigenvalue weighted by molar-refractivity contribution is -0.126.